The first-order valence-corrected chi connectivity index (χ1v) is 9.44. The van der Waals surface area contributed by atoms with Crippen LogP contribution in [-0.4, -0.2) is 6.04 Å². The third kappa shape index (κ3) is 3.97. The van der Waals surface area contributed by atoms with Crippen LogP contribution in [0.25, 0.3) is 0 Å². The Balaban J connectivity index is 2.48. The zero-order valence-electron chi connectivity index (χ0n) is 16.2. The van der Waals surface area contributed by atoms with E-state index in [2.05, 4.69) is 37.4 Å². The van der Waals surface area contributed by atoms with Gasteiger partial charge in [0, 0.05) is 17.6 Å². The van der Waals surface area contributed by atoms with E-state index in [0.29, 0.717) is 5.56 Å². The Hall–Kier alpha value is -2.18. The van der Waals surface area contributed by atoms with Gasteiger partial charge in [0.1, 0.15) is 11.2 Å². The topological polar surface area (TPSA) is 35.8 Å². The zero-order valence-corrected chi connectivity index (χ0v) is 16.2. The average Bonchev–Trinajstić information content (AvgIpc) is 2.64. The molecule has 2 nitrogen and oxygen atoms in total. The van der Waals surface area contributed by atoms with Gasteiger partial charge in [0.05, 0.1) is 6.07 Å². The summed E-state index contributed by atoms with van der Waals surface area (Å²) in [5.41, 5.74) is 0.728. The van der Waals surface area contributed by atoms with Crippen LogP contribution in [0.1, 0.15) is 57.7 Å². The summed E-state index contributed by atoms with van der Waals surface area (Å²) in [6.07, 6.45) is 1.72. The Morgan fingerprint density at radius 1 is 1.04 bits per heavy atom. The van der Waals surface area contributed by atoms with Gasteiger partial charge in [-0.2, -0.15) is 5.26 Å². The molecule has 2 aromatic rings. The Bertz CT molecular complexity index is 735. The van der Waals surface area contributed by atoms with E-state index in [-0.39, 0.29) is 23.8 Å². The van der Waals surface area contributed by atoms with Crippen LogP contribution in [0.3, 0.4) is 0 Å². The predicted octanol–water partition coefficient (Wildman–Crippen LogP) is 5.76. The predicted molar refractivity (Wildman–Crippen MR) is 105 cm³/mol. The largest absolute Gasteiger partial charge is 0.305 e. The van der Waals surface area contributed by atoms with Crippen molar-refractivity contribution in [3.8, 4) is 6.07 Å². The molecule has 3 atom stereocenters. The molecule has 0 saturated carbocycles. The van der Waals surface area contributed by atoms with Crippen LogP contribution in [0.4, 0.5) is 4.39 Å². The molecule has 26 heavy (non-hydrogen) atoms. The lowest BCUT2D eigenvalue weighted by molar-refractivity contribution is 0.245. The quantitative estimate of drug-likeness (QED) is 0.655. The highest BCUT2D eigenvalue weighted by Crippen LogP contribution is 2.39. The second-order valence-electron chi connectivity index (χ2n) is 7.26. The molecule has 0 bridgehead atoms. The molecule has 0 amide bonds. The smallest absolute Gasteiger partial charge is 0.128 e. The molecular weight excluding hydrogens is 323 g/mol. The van der Waals surface area contributed by atoms with Crippen LogP contribution >= 0.6 is 0 Å². The monoisotopic (exact) mass is 352 g/mol. The van der Waals surface area contributed by atoms with Gasteiger partial charge in [-0.1, -0.05) is 75.7 Å². The maximum absolute atomic E-state index is 14.7. The highest BCUT2D eigenvalue weighted by atomic mass is 19.1. The summed E-state index contributed by atoms with van der Waals surface area (Å²) >= 11 is 0. The summed E-state index contributed by atoms with van der Waals surface area (Å²) in [5.74, 6) is -0.338. The van der Waals surface area contributed by atoms with Gasteiger partial charge in [0.2, 0.25) is 0 Å². The summed E-state index contributed by atoms with van der Waals surface area (Å²) in [5, 5.41) is 13.9. The molecule has 1 N–H and O–H groups in total. The zero-order chi connectivity index (χ0) is 19.2. The number of halogens is 1. The van der Waals surface area contributed by atoms with Crippen LogP contribution in [0.2, 0.25) is 0 Å². The molecule has 0 radical (unpaired) electrons. The van der Waals surface area contributed by atoms with Gasteiger partial charge in [-0.3, -0.25) is 0 Å². The van der Waals surface area contributed by atoms with E-state index < -0.39 is 5.41 Å². The second kappa shape index (κ2) is 8.96. The standard InChI is InChI=1S/C23H29FN2/c1-5-11-22(26-18(4)19-12-7-6-8-13-19)23(16-25,17(2)3)20-14-9-10-15-21(20)24/h6-10,12-15,17-18,22,26H,5,11H2,1-4H3. The lowest BCUT2D eigenvalue weighted by Gasteiger charge is -2.41. The highest BCUT2D eigenvalue weighted by Gasteiger charge is 2.45. The number of nitrogens with one attached hydrogen (secondary N) is 1. The van der Waals surface area contributed by atoms with Crippen molar-refractivity contribution in [1.82, 2.24) is 5.32 Å². The van der Waals surface area contributed by atoms with Crippen LogP contribution in [-0.2, 0) is 5.41 Å². The summed E-state index contributed by atoms with van der Waals surface area (Å²) < 4.78 is 14.7. The minimum atomic E-state index is -0.926. The first-order chi connectivity index (χ1) is 12.5. The van der Waals surface area contributed by atoms with Crippen molar-refractivity contribution in [1.29, 1.82) is 5.26 Å². The van der Waals surface area contributed by atoms with E-state index in [9.17, 15) is 9.65 Å². The van der Waals surface area contributed by atoms with E-state index >= 15 is 0 Å². The summed E-state index contributed by atoms with van der Waals surface area (Å²) in [6, 6.07) is 19.3. The Morgan fingerprint density at radius 2 is 1.65 bits per heavy atom. The third-order valence-electron chi connectivity index (χ3n) is 5.29. The molecule has 0 spiro atoms. The molecular formula is C23H29FN2. The van der Waals surface area contributed by atoms with Gasteiger partial charge in [-0.25, -0.2) is 4.39 Å². The van der Waals surface area contributed by atoms with E-state index in [1.807, 2.05) is 38.1 Å². The van der Waals surface area contributed by atoms with Crippen molar-refractivity contribution < 1.29 is 4.39 Å². The average molecular weight is 352 g/mol. The fourth-order valence-electron chi connectivity index (χ4n) is 3.84. The number of nitriles is 1. The minimum Gasteiger partial charge on any atom is -0.305 e. The fourth-order valence-corrected chi connectivity index (χ4v) is 3.84. The summed E-state index contributed by atoms with van der Waals surface area (Å²) in [4.78, 5) is 0. The van der Waals surface area contributed by atoms with Gasteiger partial charge in [-0.15, -0.1) is 0 Å². The highest BCUT2D eigenvalue weighted by molar-refractivity contribution is 5.38. The molecule has 0 saturated heterocycles. The van der Waals surface area contributed by atoms with Crippen LogP contribution in [0.15, 0.2) is 54.6 Å². The summed E-state index contributed by atoms with van der Waals surface area (Å²) in [7, 11) is 0. The Labute approximate surface area is 157 Å². The fraction of sp³-hybridized carbons (Fsp3) is 0.435. The van der Waals surface area contributed by atoms with Gasteiger partial charge < -0.3 is 5.32 Å². The first-order valence-electron chi connectivity index (χ1n) is 9.44. The van der Waals surface area contributed by atoms with Crippen molar-refractivity contribution in [2.24, 2.45) is 5.92 Å². The van der Waals surface area contributed by atoms with Crippen LogP contribution in [0.5, 0.6) is 0 Å². The molecule has 0 fully saturated rings. The van der Waals surface area contributed by atoms with Gasteiger partial charge in [-0.05, 0) is 30.9 Å². The minimum absolute atomic E-state index is 0.0311. The van der Waals surface area contributed by atoms with Crippen molar-refractivity contribution in [2.75, 3.05) is 0 Å². The normalized spacial score (nSPS) is 15.9. The van der Waals surface area contributed by atoms with E-state index in [0.717, 1.165) is 18.4 Å². The number of rotatable bonds is 8. The lowest BCUT2D eigenvalue weighted by Crippen LogP contribution is -2.52. The van der Waals surface area contributed by atoms with E-state index in [1.54, 1.807) is 12.1 Å². The molecule has 2 rings (SSSR count). The molecule has 0 aliphatic heterocycles. The molecule has 138 valence electrons. The summed E-state index contributed by atoms with van der Waals surface area (Å²) in [6.45, 7) is 8.22. The molecule has 3 unspecified atom stereocenters. The van der Waals surface area contributed by atoms with Crippen molar-refractivity contribution in [3.63, 3.8) is 0 Å². The SMILES string of the molecule is CCCC(NC(C)c1ccccc1)C(C#N)(c1ccccc1F)C(C)C. The molecule has 0 aliphatic rings. The van der Waals surface area contributed by atoms with Gasteiger partial charge in [0.25, 0.3) is 0 Å². The maximum atomic E-state index is 14.7. The number of nitrogens with zero attached hydrogens (tertiary/aromatic N) is 1. The molecule has 3 heteroatoms. The molecule has 2 aromatic carbocycles. The molecule has 0 aliphatic carbocycles. The Morgan fingerprint density at radius 3 is 2.19 bits per heavy atom. The Kier molecular flexibility index (Phi) is 6.94. The number of hydrogen-bond donors (Lipinski definition) is 1. The maximum Gasteiger partial charge on any atom is 0.128 e. The lowest BCUT2D eigenvalue weighted by atomic mass is 9.66. The van der Waals surface area contributed by atoms with Crippen molar-refractivity contribution in [3.05, 3.63) is 71.5 Å². The van der Waals surface area contributed by atoms with Crippen LogP contribution in [0, 0.1) is 23.1 Å². The first kappa shape index (κ1) is 20.1. The van der Waals surface area contributed by atoms with Crippen molar-refractivity contribution in [2.45, 2.75) is 58.0 Å². The van der Waals surface area contributed by atoms with E-state index in [4.69, 9.17) is 0 Å². The van der Waals surface area contributed by atoms with Gasteiger partial charge >= 0.3 is 0 Å². The van der Waals surface area contributed by atoms with Gasteiger partial charge in [0.15, 0.2) is 0 Å². The molecule has 0 aromatic heterocycles. The van der Waals surface area contributed by atoms with E-state index in [1.165, 1.54) is 6.07 Å². The number of benzene rings is 2. The third-order valence-corrected chi connectivity index (χ3v) is 5.29. The van der Waals surface area contributed by atoms with Crippen molar-refractivity contribution >= 4 is 0 Å². The second-order valence-corrected chi connectivity index (χ2v) is 7.26. The molecule has 0 heterocycles. The van der Waals surface area contributed by atoms with Crippen LogP contribution < -0.4 is 5.32 Å². The number of hydrogen-bond acceptors (Lipinski definition) is 2.